The van der Waals surface area contributed by atoms with E-state index in [-0.39, 0.29) is 36.8 Å². The molecule has 0 radical (unpaired) electrons. The highest BCUT2D eigenvalue weighted by Crippen LogP contribution is 2.32. The van der Waals surface area contributed by atoms with E-state index in [1.54, 1.807) is 17.5 Å². The fraction of sp³-hybridized carbons (Fsp3) is 0.375. The van der Waals surface area contributed by atoms with E-state index in [4.69, 9.17) is 23.2 Å². The highest BCUT2D eigenvalue weighted by Gasteiger charge is 2.22. The fourth-order valence-corrected chi connectivity index (χ4v) is 4.08. The summed E-state index contributed by atoms with van der Waals surface area (Å²) in [6.07, 6.45) is 1.88. The summed E-state index contributed by atoms with van der Waals surface area (Å²) in [7, 11) is 0. The first-order valence-corrected chi connectivity index (χ1v) is 9.11. The first-order valence-electron chi connectivity index (χ1n) is 7.48. The third-order valence-corrected chi connectivity index (χ3v) is 5.28. The van der Waals surface area contributed by atoms with Gasteiger partial charge in [-0.3, -0.25) is 4.79 Å². The van der Waals surface area contributed by atoms with Crippen LogP contribution in [0, 0.1) is 0 Å². The molecule has 1 aromatic heterocycles. The van der Waals surface area contributed by atoms with Crippen LogP contribution in [-0.2, 0) is 0 Å². The van der Waals surface area contributed by atoms with Crippen molar-refractivity contribution in [2.45, 2.75) is 31.8 Å². The average molecular weight is 443 g/mol. The Bertz CT molecular complexity index is 725. The number of hydrogen-bond acceptors (Lipinski definition) is 4. The van der Waals surface area contributed by atoms with E-state index in [2.05, 4.69) is 22.5 Å². The minimum Gasteiger partial charge on any atom is -0.348 e. The van der Waals surface area contributed by atoms with Crippen molar-refractivity contribution in [3.63, 3.8) is 0 Å². The standard InChI is InChI=1S/C16H17Cl2N3OS.2ClH/c1-9-6-11(4-5-19-9)20-15(22)14-8-23-16(21-14)12-3-2-10(17)7-13(12)18;;/h2-3,7-9,11,19H,4-6H2,1H3,(H,20,22);2*1H. The molecule has 2 aromatic rings. The second-order valence-electron chi connectivity index (χ2n) is 5.71. The van der Waals surface area contributed by atoms with Crippen LogP contribution in [-0.4, -0.2) is 29.5 Å². The Balaban J connectivity index is 0.00000156. The van der Waals surface area contributed by atoms with Crippen molar-refractivity contribution in [2.75, 3.05) is 6.54 Å². The highest BCUT2D eigenvalue weighted by atomic mass is 35.5. The lowest BCUT2D eigenvalue weighted by molar-refractivity contribution is 0.0921. The predicted molar refractivity (Wildman–Crippen MR) is 110 cm³/mol. The highest BCUT2D eigenvalue weighted by molar-refractivity contribution is 7.13. The molecular formula is C16H19Cl4N3OS. The zero-order valence-electron chi connectivity index (χ0n) is 13.4. The van der Waals surface area contributed by atoms with Crippen LogP contribution in [0.15, 0.2) is 23.6 Å². The Morgan fingerprint density at radius 3 is 2.80 bits per heavy atom. The van der Waals surface area contributed by atoms with E-state index in [1.807, 2.05) is 6.07 Å². The van der Waals surface area contributed by atoms with Crippen molar-refractivity contribution >= 4 is 65.3 Å². The zero-order valence-corrected chi connectivity index (χ0v) is 17.4. The quantitative estimate of drug-likeness (QED) is 0.715. The molecule has 2 N–H and O–H groups in total. The maximum Gasteiger partial charge on any atom is 0.270 e. The molecule has 1 saturated heterocycles. The molecule has 0 aliphatic carbocycles. The van der Waals surface area contributed by atoms with E-state index in [1.165, 1.54) is 11.3 Å². The molecule has 0 bridgehead atoms. The maximum atomic E-state index is 12.4. The molecule has 1 fully saturated rings. The van der Waals surface area contributed by atoms with Crippen LogP contribution in [0.25, 0.3) is 10.6 Å². The van der Waals surface area contributed by atoms with Crippen molar-refractivity contribution in [3.8, 4) is 10.6 Å². The number of benzene rings is 1. The topological polar surface area (TPSA) is 54.0 Å². The van der Waals surface area contributed by atoms with Gasteiger partial charge in [-0.15, -0.1) is 36.2 Å². The summed E-state index contributed by atoms with van der Waals surface area (Å²) in [5.74, 6) is -0.128. The molecule has 4 nitrogen and oxygen atoms in total. The van der Waals surface area contributed by atoms with Gasteiger partial charge in [0.05, 0.1) is 5.02 Å². The predicted octanol–water partition coefficient (Wildman–Crippen LogP) is 4.83. The smallest absolute Gasteiger partial charge is 0.270 e. The molecule has 9 heteroatoms. The Labute approximate surface area is 173 Å². The van der Waals surface area contributed by atoms with Gasteiger partial charge in [0.15, 0.2) is 0 Å². The molecule has 1 aliphatic heterocycles. The van der Waals surface area contributed by atoms with Gasteiger partial charge in [-0.25, -0.2) is 4.98 Å². The van der Waals surface area contributed by atoms with Crippen LogP contribution in [0.2, 0.25) is 10.0 Å². The summed E-state index contributed by atoms with van der Waals surface area (Å²) >= 11 is 13.5. The van der Waals surface area contributed by atoms with Crippen LogP contribution in [0.1, 0.15) is 30.3 Å². The first-order chi connectivity index (χ1) is 11.0. The van der Waals surface area contributed by atoms with Crippen molar-refractivity contribution in [1.82, 2.24) is 15.6 Å². The number of hydrogen-bond donors (Lipinski definition) is 2. The van der Waals surface area contributed by atoms with Crippen LogP contribution >= 0.6 is 59.4 Å². The van der Waals surface area contributed by atoms with E-state index < -0.39 is 0 Å². The van der Waals surface area contributed by atoms with Crippen LogP contribution in [0.5, 0.6) is 0 Å². The van der Waals surface area contributed by atoms with E-state index >= 15 is 0 Å². The number of aromatic nitrogens is 1. The van der Waals surface area contributed by atoms with Gasteiger partial charge < -0.3 is 10.6 Å². The SMILES string of the molecule is CC1CC(NC(=O)c2csc(-c3ccc(Cl)cc3Cl)n2)CCN1.Cl.Cl. The van der Waals surface area contributed by atoms with E-state index in [0.29, 0.717) is 21.8 Å². The Morgan fingerprint density at radius 2 is 2.12 bits per heavy atom. The van der Waals surface area contributed by atoms with Gasteiger partial charge in [0.2, 0.25) is 0 Å². The summed E-state index contributed by atoms with van der Waals surface area (Å²) in [4.78, 5) is 16.8. The maximum absolute atomic E-state index is 12.4. The van der Waals surface area contributed by atoms with Crippen molar-refractivity contribution < 1.29 is 4.79 Å². The van der Waals surface area contributed by atoms with Gasteiger partial charge in [-0.2, -0.15) is 0 Å². The minimum atomic E-state index is -0.128. The molecular weight excluding hydrogens is 424 g/mol. The molecule has 0 spiro atoms. The number of piperidine rings is 1. The van der Waals surface area contributed by atoms with Crippen molar-refractivity contribution in [1.29, 1.82) is 0 Å². The Morgan fingerprint density at radius 1 is 1.36 bits per heavy atom. The van der Waals surface area contributed by atoms with Gasteiger partial charge in [-0.05, 0) is 44.5 Å². The Hall–Kier alpha value is -0.560. The van der Waals surface area contributed by atoms with Gasteiger partial charge >= 0.3 is 0 Å². The number of nitrogens with zero attached hydrogens (tertiary/aromatic N) is 1. The lowest BCUT2D eigenvalue weighted by Crippen LogP contribution is -2.46. The van der Waals surface area contributed by atoms with Crippen LogP contribution in [0.4, 0.5) is 0 Å². The monoisotopic (exact) mass is 441 g/mol. The van der Waals surface area contributed by atoms with Crippen LogP contribution < -0.4 is 10.6 Å². The lowest BCUT2D eigenvalue weighted by Gasteiger charge is -2.28. The molecule has 25 heavy (non-hydrogen) atoms. The third-order valence-electron chi connectivity index (χ3n) is 3.86. The molecule has 1 amide bonds. The molecule has 1 aliphatic rings. The summed E-state index contributed by atoms with van der Waals surface area (Å²) < 4.78 is 0. The summed E-state index contributed by atoms with van der Waals surface area (Å²) in [6, 6.07) is 5.88. The average Bonchev–Trinajstić information content (AvgIpc) is 2.97. The minimum absolute atomic E-state index is 0. The van der Waals surface area contributed by atoms with Crippen LogP contribution in [0.3, 0.4) is 0 Å². The molecule has 2 heterocycles. The normalized spacial score (nSPS) is 19.5. The Kier molecular flexibility index (Phi) is 8.95. The lowest BCUT2D eigenvalue weighted by atomic mass is 10.0. The summed E-state index contributed by atoms with van der Waals surface area (Å²) in [5.41, 5.74) is 1.22. The van der Waals surface area contributed by atoms with Gasteiger partial charge in [-0.1, -0.05) is 23.2 Å². The van der Waals surface area contributed by atoms with E-state index in [0.717, 1.165) is 30.0 Å². The van der Waals surface area contributed by atoms with Crippen molar-refractivity contribution in [2.24, 2.45) is 0 Å². The molecule has 0 saturated carbocycles. The number of halogens is 4. The molecule has 1 aromatic carbocycles. The number of carbonyl (C=O) groups is 1. The molecule has 138 valence electrons. The van der Waals surface area contributed by atoms with Crippen molar-refractivity contribution in [3.05, 3.63) is 39.3 Å². The number of carbonyl (C=O) groups excluding carboxylic acids is 1. The largest absolute Gasteiger partial charge is 0.348 e. The number of amides is 1. The van der Waals surface area contributed by atoms with E-state index in [9.17, 15) is 4.79 Å². The second kappa shape index (κ2) is 9.95. The first kappa shape index (κ1) is 22.5. The molecule has 3 rings (SSSR count). The third kappa shape index (κ3) is 5.71. The number of nitrogens with one attached hydrogen (secondary N) is 2. The zero-order chi connectivity index (χ0) is 16.4. The number of rotatable bonds is 3. The van der Waals surface area contributed by atoms with Gasteiger partial charge in [0, 0.05) is 28.0 Å². The second-order valence-corrected chi connectivity index (χ2v) is 7.41. The van der Waals surface area contributed by atoms with Gasteiger partial charge in [0.1, 0.15) is 10.7 Å². The summed E-state index contributed by atoms with van der Waals surface area (Å²) in [5, 5.41) is 10.0. The number of thiazole rings is 1. The summed E-state index contributed by atoms with van der Waals surface area (Å²) in [6.45, 7) is 3.05. The van der Waals surface area contributed by atoms with Gasteiger partial charge in [0.25, 0.3) is 5.91 Å². The molecule has 2 atom stereocenters. The fourth-order valence-electron chi connectivity index (χ4n) is 2.69. The molecule has 2 unspecified atom stereocenters.